The molecule has 108 valence electrons. The third-order valence-electron chi connectivity index (χ3n) is 4.07. The van der Waals surface area contributed by atoms with E-state index in [0.717, 1.165) is 19.3 Å². The van der Waals surface area contributed by atoms with E-state index in [2.05, 4.69) is 9.71 Å². The summed E-state index contributed by atoms with van der Waals surface area (Å²) < 4.78 is 29.0. The van der Waals surface area contributed by atoms with Crippen LogP contribution in [0.3, 0.4) is 0 Å². The Hall–Kier alpha value is -1.60. The van der Waals surface area contributed by atoms with Gasteiger partial charge in [-0.25, -0.2) is 17.9 Å². The van der Waals surface area contributed by atoms with Gasteiger partial charge >= 0.3 is 5.69 Å². The van der Waals surface area contributed by atoms with E-state index in [1.165, 1.54) is 16.7 Å². The zero-order chi connectivity index (χ0) is 14.5. The van der Waals surface area contributed by atoms with Gasteiger partial charge in [-0.05, 0) is 37.5 Å². The van der Waals surface area contributed by atoms with E-state index in [-0.39, 0.29) is 16.1 Å². The Bertz CT molecular complexity index is 828. The minimum absolute atomic E-state index is 0.187. The van der Waals surface area contributed by atoms with Crippen molar-refractivity contribution in [1.82, 2.24) is 14.3 Å². The van der Waals surface area contributed by atoms with Gasteiger partial charge in [0.05, 0.1) is 15.9 Å². The average molecular weight is 295 g/mol. The topological polar surface area (TPSA) is 84.0 Å². The first-order valence-electron chi connectivity index (χ1n) is 6.60. The molecule has 0 amide bonds. The molecule has 0 saturated heterocycles. The lowest BCUT2D eigenvalue weighted by Gasteiger charge is -2.15. The first kappa shape index (κ1) is 13.4. The van der Waals surface area contributed by atoms with Crippen molar-refractivity contribution in [3.05, 3.63) is 28.7 Å². The molecule has 20 heavy (non-hydrogen) atoms. The maximum absolute atomic E-state index is 12.4. The number of benzene rings is 1. The summed E-state index contributed by atoms with van der Waals surface area (Å²) in [5.41, 5.74) is 0.694. The second-order valence-electron chi connectivity index (χ2n) is 5.41. The number of hydrogen-bond acceptors (Lipinski definition) is 3. The second kappa shape index (κ2) is 4.20. The average Bonchev–Trinajstić information content (AvgIpc) is 3.11. The summed E-state index contributed by atoms with van der Waals surface area (Å²) in [5.74, 6) is 0. The van der Waals surface area contributed by atoms with Crippen LogP contribution in [0.1, 0.15) is 26.2 Å². The van der Waals surface area contributed by atoms with Gasteiger partial charge < -0.3 is 4.98 Å². The first-order chi connectivity index (χ1) is 9.37. The zero-order valence-corrected chi connectivity index (χ0v) is 12.3. The molecule has 2 N–H and O–H groups in total. The molecule has 0 bridgehead atoms. The molecule has 0 unspecified atom stereocenters. The van der Waals surface area contributed by atoms with Crippen LogP contribution in [0.15, 0.2) is 27.9 Å². The Morgan fingerprint density at radius 3 is 2.70 bits per heavy atom. The summed E-state index contributed by atoms with van der Waals surface area (Å²) in [6.07, 6.45) is 2.55. The molecule has 1 heterocycles. The lowest BCUT2D eigenvalue weighted by atomic mass is 10.2. The molecule has 0 spiro atoms. The normalized spacial score (nSPS) is 17.5. The number of H-pyrrole nitrogens is 1. The van der Waals surface area contributed by atoms with Crippen molar-refractivity contribution in [2.24, 2.45) is 7.05 Å². The van der Waals surface area contributed by atoms with Gasteiger partial charge in [0, 0.05) is 12.6 Å². The van der Waals surface area contributed by atoms with Gasteiger partial charge in [0.2, 0.25) is 10.0 Å². The molecule has 6 nitrogen and oxygen atoms in total. The second-order valence-corrected chi connectivity index (χ2v) is 7.09. The fourth-order valence-corrected chi connectivity index (χ4v) is 3.96. The number of aromatic nitrogens is 2. The molecule has 3 rings (SSSR count). The smallest absolute Gasteiger partial charge is 0.306 e. The summed E-state index contributed by atoms with van der Waals surface area (Å²) in [4.78, 5) is 14.4. The number of nitrogens with zero attached hydrogens (tertiary/aromatic N) is 1. The third-order valence-corrected chi connectivity index (χ3v) is 5.64. The van der Waals surface area contributed by atoms with Crippen LogP contribution in [0.25, 0.3) is 11.0 Å². The molecule has 0 atom stereocenters. The Kier molecular flexibility index (Phi) is 2.81. The van der Waals surface area contributed by atoms with Crippen LogP contribution in [-0.4, -0.2) is 23.5 Å². The summed E-state index contributed by atoms with van der Waals surface area (Å²) in [7, 11) is -1.90. The van der Waals surface area contributed by atoms with Crippen molar-refractivity contribution in [2.75, 3.05) is 0 Å². The van der Waals surface area contributed by atoms with E-state index in [9.17, 15) is 13.2 Å². The van der Waals surface area contributed by atoms with E-state index < -0.39 is 10.0 Å². The molecule has 1 aromatic heterocycles. The van der Waals surface area contributed by atoms with Crippen molar-refractivity contribution < 1.29 is 8.42 Å². The van der Waals surface area contributed by atoms with Crippen LogP contribution in [0, 0.1) is 0 Å². The molecule has 0 aliphatic heterocycles. The SMILES string of the molecule is CCC1(NS(=O)(=O)c2ccc3c(c2)[nH]c(=O)n3C)CC1. The Labute approximate surface area is 116 Å². The van der Waals surface area contributed by atoms with E-state index in [4.69, 9.17) is 0 Å². The molecule has 1 fully saturated rings. The number of rotatable bonds is 4. The van der Waals surface area contributed by atoms with Crippen LogP contribution in [-0.2, 0) is 17.1 Å². The zero-order valence-electron chi connectivity index (χ0n) is 11.4. The lowest BCUT2D eigenvalue weighted by Crippen LogP contribution is -2.36. The minimum Gasteiger partial charge on any atom is -0.306 e. The van der Waals surface area contributed by atoms with E-state index in [1.807, 2.05) is 6.92 Å². The van der Waals surface area contributed by atoms with E-state index >= 15 is 0 Å². The van der Waals surface area contributed by atoms with Gasteiger partial charge in [-0.1, -0.05) is 6.92 Å². The molecule has 0 radical (unpaired) electrons. The van der Waals surface area contributed by atoms with Crippen molar-refractivity contribution in [3.8, 4) is 0 Å². The number of sulfonamides is 1. The van der Waals surface area contributed by atoms with Gasteiger partial charge in [0.1, 0.15) is 0 Å². The van der Waals surface area contributed by atoms with Gasteiger partial charge in [-0.15, -0.1) is 0 Å². The Morgan fingerprint density at radius 2 is 2.10 bits per heavy atom. The molecule has 2 aromatic rings. The Balaban J connectivity index is 2.03. The number of hydrogen-bond donors (Lipinski definition) is 2. The maximum atomic E-state index is 12.4. The number of nitrogens with one attached hydrogen (secondary N) is 2. The van der Waals surface area contributed by atoms with Crippen molar-refractivity contribution in [1.29, 1.82) is 0 Å². The molecule has 1 aliphatic carbocycles. The van der Waals surface area contributed by atoms with Crippen molar-refractivity contribution in [3.63, 3.8) is 0 Å². The predicted octanol–water partition coefficient (Wildman–Crippen LogP) is 1.09. The minimum atomic E-state index is -3.54. The van der Waals surface area contributed by atoms with Gasteiger partial charge in [-0.2, -0.15) is 0 Å². The van der Waals surface area contributed by atoms with Crippen LogP contribution in [0.5, 0.6) is 0 Å². The van der Waals surface area contributed by atoms with Crippen molar-refractivity contribution in [2.45, 2.75) is 36.6 Å². The van der Waals surface area contributed by atoms with Crippen LogP contribution < -0.4 is 10.4 Å². The quantitative estimate of drug-likeness (QED) is 0.885. The van der Waals surface area contributed by atoms with Gasteiger partial charge in [-0.3, -0.25) is 4.57 Å². The van der Waals surface area contributed by atoms with Gasteiger partial charge in [0.15, 0.2) is 0 Å². The molecular formula is C13H17N3O3S. The summed E-state index contributed by atoms with van der Waals surface area (Å²) in [5, 5.41) is 0. The molecule has 1 saturated carbocycles. The van der Waals surface area contributed by atoms with Crippen LogP contribution in [0.4, 0.5) is 0 Å². The summed E-state index contributed by atoms with van der Waals surface area (Å²) in [6.45, 7) is 1.98. The standard InChI is InChI=1S/C13H17N3O3S/c1-3-13(6-7-13)15-20(18,19)9-4-5-11-10(8-9)14-12(17)16(11)2/h4-5,8,15H,3,6-7H2,1-2H3,(H,14,17). The number of aryl methyl sites for hydroxylation is 1. The molecule has 7 heteroatoms. The molecule has 1 aromatic carbocycles. The van der Waals surface area contributed by atoms with Crippen molar-refractivity contribution >= 4 is 21.1 Å². The van der Waals surface area contributed by atoms with E-state index in [1.54, 1.807) is 13.1 Å². The highest BCUT2D eigenvalue weighted by molar-refractivity contribution is 7.89. The third kappa shape index (κ3) is 2.06. The Morgan fingerprint density at radius 1 is 1.40 bits per heavy atom. The largest absolute Gasteiger partial charge is 0.326 e. The highest BCUT2D eigenvalue weighted by Gasteiger charge is 2.44. The van der Waals surface area contributed by atoms with Gasteiger partial charge in [0.25, 0.3) is 0 Å². The van der Waals surface area contributed by atoms with Crippen LogP contribution >= 0.6 is 0 Å². The lowest BCUT2D eigenvalue weighted by molar-refractivity contribution is 0.532. The molecular weight excluding hydrogens is 278 g/mol. The number of fused-ring (bicyclic) bond motifs is 1. The monoisotopic (exact) mass is 295 g/mol. The highest BCUT2D eigenvalue weighted by atomic mass is 32.2. The summed E-state index contributed by atoms with van der Waals surface area (Å²) >= 11 is 0. The predicted molar refractivity (Wildman–Crippen MR) is 76.1 cm³/mol. The fourth-order valence-electron chi connectivity index (χ4n) is 2.41. The fraction of sp³-hybridized carbons (Fsp3) is 0.462. The van der Waals surface area contributed by atoms with E-state index in [0.29, 0.717) is 11.0 Å². The first-order valence-corrected chi connectivity index (χ1v) is 8.08. The number of aromatic amines is 1. The maximum Gasteiger partial charge on any atom is 0.326 e. The van der Waals surface area contributed by atoms with Crippen LogP contribution in [0.2, 0.25) is 0 Å². The number of imidazole rings is 1. The summed E-state index contributed by atoms with van der Waals surface area (Å²) in [6, 6.07) is 4.68. The molecule has 1 aliphatic rings. The highest BCUT2D eigenvalue weighted by Crippen LogP contribution is 2.39.